The molecule has 8 heteroatoms. The molecule has 0 aromatic carbocycles. The van der Waals surface area contributed by atoms with Crippen LogP contribution in [0.15, 0.2) is 0 Å². The number of aliphatic hydroxyl groups is 1. The van der Waals surface area contributed by atoms with Crippen LogP contribution in [0.25, 0.3) is 0 Å². The lowest BCUT2D eigenvalue weighted by molar-refractivity contribution is -0.142. The molecule has 1 aliphatic heterocycles. The Morgan fingerprint density at radius 2 is 2.00 bits per heavy atom. The average Bonchev–Trinajstić information content (AvgIpc) is 2.67. The van der Waals surface area contributed by atoms with Crippen molar-refractivity contribution in [2.45, 2.75) is 32.4 Å². The van der Waals surface area contributed by atoms with Gasteiger partial charge in [-0.25, -0.2) is 4.79 Å². The molecular formula is C12H21N3O5. The first-order chi connectivity index (χ1) is 9.29. The minimum Gasteiger partial charge on any atom is -0.480 e. The number of carboxylic acids is 1. The highest BCUT2D eigenvalue weighted by atomic mass is 16.4. The van der Waals surface area contributed by atoms with E-state index in [9.17, 15) is 19.5 Å². The van der Waals surface area contributed by atoms with Gasteiger partial charge in [-0.05, 0) is 5.92 Å². The molecule has 1 saturated heterocycles. The molecular weight excluding hydrogens is 266 g/mol. The van der Waals surface area contributed by atoms with Gasteiger partial charge < -0.3 is 15.5 Å². The van der Waals surface area contributed by atoms with Crippen LogP contribution in [0.3, 0.4) is 0 Å². The normalized spacial score (nSPS) is 22.8. The van der Waals surface area contributed by atoms with Crippen LogP contribution in [-0.4, -0.2) is 64.8 Å². The van der Waals surface area contributed by atoms with Gasteiger partial charge >= 0.3 is 12.0 Å². The van der Waals surface area contributed by atoms with Crippen molar-refractivity contribution in [3.63, 3.8) is 0 Å². The lowest BCUT2D eigenvalue weighted by atomic mass is 10.2. The summed E-state index contributed by atoms with van der Waals surface area (Å²) in [5.74, 6) is -1.41. The summed E-state index contributed by atoms with van der Waals surface area (Å²) >= 11 is 0. The van der Waals surface area contributed by atoms with Crippen molar-refractivity contribution in [2.24, 2.45) is 5.92 Å². The van der Waals surface area contributed by atoms with Gasteiger partial charge in [-0.3, -0.25) is 19.8 Å². The molecule has 0 aliphatic carbocycles. The predicted molar refractivity (Wildman–Crippen MR) is 70.0 cm³/mol. The van der Waals surface area contributed by atoms with Crippen molar-refractivity contribution in [3.8, 4) is 0 Å². The summed E-state index contributed by atoms with van der Waals surface area (Å²) in [4.78, 5) is 35.3. The summed E-state index contributed by atoms with van der Waals surface area (Å²) in [6, 6.07) is -1.50. The van der Waals surface area contributed by atoms with Gasteiger partial charge in [0, 0.05) is 19.5 Å². The Morgan fingerprint density at radius 1 is 1.35 bits per heavy atom. The Morgan fingerprint density at radius 3 is 2.55 bits per heavy atom. The Labute approximate surface area is 117 Å². The first kappa shape index (κ1) is 16.4. The Kier molecular flexibility index (Phi) is 5.90. The van der Waals surface area contributed by atoms with Crippen molar-refractivity contribution in [3.05, 3.63) is 0 Å². The van der Waals surface area contributed by atoms with Crippen LogP contribution in [0.4, 0.5) is 4.79 Å². The third-order valence-corrected chi connectivity index (χ3v) is 2.94. The van der Waals surface area contributed by atoms with E-state index in [1.807, 2.05) is 13.8 Å². The second kappa shape index (κ2) is 7.20. The number of hydrogen-bond acceptors (Lipinski definition) is 5. The van der Waals surface area contributed by atoms with Crippen molar-refractivity contribution in [2.75, 3.05) is 19.6 Å². The van der Waals surface area contributed by atoms with Gasteiger partial charge in [-0.15, -0.1) is 0 Å². The second-order valence-corrected chi connectivity index (χ2v) is 5.33. The van der Waals surface area contributed by atoms with E-state index < -0.39 is 30.1 Å². The summed E-state index contributed by atoms with van der Waals surface area (Å²) in [7, 11) is 0. The van der Waals surface area contributed by atoms with Gasteiger partial charge in [-0.2, -0.15) is 0 Å². The second-order valence-electron chi connectivity index (χ2n) is 5.33. The molecule has 1 aliphatic rings. The van der Waals surface area contributed by atoms with Crippen LogP contribution in [0, 0.1) is 5.92 Å². The van der Waals surface area contributed by atoms with E-state index in [1.54, 1.807) is 0 Å². The van der Waals surface area contributed by atoms with Gasteiger partial charge in [0.1, 0.15) is 6.04 Å². The largest absolute Gasteiger partial charge is 0.480 e. The fraction of sp³-hybridized carbons (Fsp3) is 0.750. The van der Waals surface area contributed by atoms with Crippen molar-refractivity contribution >= 4 is 17.9 Å². The molecule has 0 aromatic heterocycles. The molecule has 2 unspecified atom stereocenters. The molecule has 20 heavy (non-hydrogen) atoms. The van der Waals surface area contributed by atoms with Crippen LogP contribution in [0.1, 0.15) is 20.3 Å². The Hall–Kier alpha value is -1.67. The van der Waals surface area contributed by atoms with Crippen LogP contribution in [-0.2, 0) is 9.59 Å². The lowest BCUT2D eigenvalue weighted by Crippen LogP contribution is -2.47. The monoisotopic (exact) mass is 287 g/mol. The summed E-state index contributed by atoms with van der Waals surface area (Å²) < 4.78 is 0. The molecule has 0 saturated carbocycles. The maximum Gasteiger partial charge on any atom is 0.321 e. The van der Waals surface area contributed by atoms with E-state index >= 15 is 0 Å². The highest BCUT2D eigenvalue weighted by Crippen LogP contribution is 2.17. The van der Waals surface area contributed by atoms with Crippen LogP contribution >= 0.6 is 0 Å². The number of carbonyl (C=O) groups excluding carboxylic acids is 2. The smallest absolute Gasteiger partial charge is 0.321 e. The van der Waals surface area contributed by atoms with E-state index in [-0.39, 0.29) is 25.4 Å². The molecule has 0 bridgehead atoms. The van der Waals surface area contributed by atoms with Gasteiger partial charge in [0.2, 0.25) is 5.91 Å². The van der Waals surface area contributed by atoms with E-state index in [4.69, 9.17) is 5.11 Å². The minimum atomic E-state index is -1.08. The first-order valence-corrected chi connectivity index (χ1v) is 6.52. The fourth-order valence-corrected chi connectivity index (χ4v) is 2.00. The quantitative estimate of drug-likeness (QED) is 0.514. The Bertz CT molecular complexity index is 385. The zero-order chi connectivity index (χ0) is 15.3. The zero-order valence-corrected chi connectivity index (χ0v) is 11.6. The van der Waals surface area contributed by atoms with Gasteiger partial charge in [0.25, 0.3) is 0 Å². The van der Waals surface area contributed by atoms with Crippen LogP contribution in [0.5, 0.6) is 0 Å². The third kappa shape index (κ3) is 5.14. The SMILES string of the molecule is CC(C)CNC(=O)NC(=O)CN1CC(O)CC1C(=O)O. The number of carbonyl (C=O) groups is 3. The molecule has 114 valence electrons. The van der Waals surface area contributed by atoms with E-state index in [1.165, 1.54) is 4.90 Å². The lowest BCUT2D eigenvalue weighted by Gasteiger charge is -2.19. The Balaban J connectivity index is 2.41. The number of likely N-dealkylation sites (tertiary alicyclic amines) is 1. The number of hydrogen-bond donors (Lipinski definition) is 4. The number of nitrogens with one attached hydrogen (secondary N) is 2. The minimum absolute atomic E-state index is 0.0855. The third-order valence-electron chi connectivity index (χ3n) is 2.94. The molecule has 4 N–H and O–H groups in total. The topological polar surface area (TPSA) is 119 Å². The number of carboxylic acid groups (broad SMARTS) is 1. The molecule has 0 aromatic rings. The number of β-amino-alcohol motifs (C(OH)–C–C–N with tert-alkyl or cyclic N) is 1. The maximum atomic E-state index is 11.6. The molecule has 3 amide bonds. The average molecular weight is 287 g/mol. The molecule has 0 radical (unpaired) electrons. The molecule has 1 fully saturated rings. The highest BCUT2D eigenvalue weighted by Gasteiger charge is 2.36. The molecule has 2 atom stereocenters. The number of imide groups is 1. The maximum absolute atomic E-state index is 11.6. The molecule has 8 nitrogen and oxygen atoms in total. The van der Waals surface area contributed by atoms with Crippen molar-refractivity contribution < 1.29 is 24.6 Å². The van der Waals surface area contributed by atoms with E-state index in [0.717, 1.165) is 0 Å². The first-order valence-electron chi connectivity index (χ1n) is 6.52. The van der Waals surface area contributed by atoms with Crippen LogP contribution < -0.4 is 10.6 Å². The molecule has 0 spiro atoms. The summed E-state index contributed by atoms with van der Waals surface area (Å²) in [5, 5.41) is 23.1. The standard InChI is InChI=1S/C12H21N3O5/c1-7(2)4-13-12(20)14-10(17)6-15-5-8(16)3-9(15)11(18)19/h7-9,16H,3-6H2,1-2H3,(H,18,19)(H2,13,14,17,20). The van der Waals surface area contributed by atoms with Gasteiger partial charge in [-0.1, -0.05) is 13.8 Å². The number of aliphatic hydroxyl groups excluding tert-OH is 1. The number of rotatable bonds is 5. The zero-order valence-electron chi connectivity index (χ0n) is 11.6. The van der Waals surface area contributed by atoms with Gasteiger partial charge in [0.15, 0.2) is 0 Å². The van der Waals surface area contributed by atoms with Gasteiger partial charge in [0.05, 0.1) is 12.6 Å². The predicted octanol–water partition coefficient (Wildman–Crippen LogP) is -1.01. The van der Waals surface area contributed by atoms with Crippen molar-refractivity contribution in [1.82, 2.24) is 15.5 Å². The number of amides is 3. The van der Waals surface area contributed by atoms with Crippen molar-refractivity contribution in [1.29, 1.82) is 0 Å². The van der Waals surface area contributed by atoms with Crippen LogP contribution in [0.2, 0.25) is 0 Å². The molecule has 1 rings (SSSR count). The number of aliphatic carboxylic acids is 1. The summed E-state index contributed by atoms with van der Waals surface area (Å²) in [5.41, 5.74) is 0. The molecule has 1 heterocycles. The number of nitrogens with zero attached hydrogens (tertiary/aromatic N) is 1. The summed E-state index contributed by atoms with van der Waals surface area (Å²) in [6.07, 6.45) is -0.680. The van der Waals surface area contributed by atoms with E-state index in [2.05, 4.69) is 10.6 Å². The highest BCUT2D eigenvalue weighted by molar-refractivity contribution is 5.95. The number of urea groups is 1. The van der Waals surface area contributed by atoms with E-state index in [0.29, 0.717) is 6.54 Å². The fourth-order valence-electron chi connectivity index (χ4n) is 2.00. The summed E-state index contributed by atoms with van der Waals surface area (Å²) in [6.45, 7) is 4.16.